The van der Waals surface area contributed by atoms with E-state index in [0.29, 0.717) is 12.0 Å². The minimum absolute atomic E-state index is 0.146. The van der Waals surface area contributed by atoms with E-state index < -0.39 is 5.63 Å². The molecule has 0 atom stereocenters. The lowest BCUT2D eigenvalue weighted by Gasteiger charge is -2.04. The molecule has 0 bridgehead atoms. The molecular weight excluding hydrogens is 252 g/mol. The lowest BCUT2D eigenvalue weighted by Crippen LogP contribution is -1.95. The zero-order valence-electron chi connectivity index (χ0n) is 11.9. The van der Waals surface area contributed by atoms with Crippen LogP contribution in [0.15, 0.2) is 56.8 Å². The third kappa shape index (κ3) is 3.38. The van der Waals surface area contributed by atoms with E-state index in [-0.39, 0.29) is 5.75 Å². The van der Waals surface area contributed by atoms with Crippen molar-refractivity contribution in [1.82, 2.24) is 0 Å². The number of aromatic hydroxyl groups is 1. The Kier molecular flexibility index (Phi) is 4.08. The highest BCUT2D eigenvalue weighted by Crippen LogP contribution is 2.25. The lowest BCUT2D eigenvalue weighted by molar-refractivity contribution is 0.467. The highest BCUT2D eigenvalue weighted by atomic mass is 16.4. The van der Waals surface area contributed by atoms with Crippen molar-refractivity contribution in [2.24, 2.45) is 0 Å². The van der Waals surface area contributed by atoms with Crippen LogP contribution in [-0.4, -0.2) is 5.11 Å². The number of hydrogen-bond donors (Lipinski definition) is 1. The van der Waals surface area contributed by atoms with E-state index in [2.05, 4.69) is 12.2 Å². The van der Waals surface area contributed by atoms with E-state index in [0.717, 1.165) is 16.5 Å². The fourth-order valence-electron chi connectivity index (χ4n) is 2.10. The van der Waals surface area contributed by atoms with E-state index in [4.69, 9.17) is 4.42 Å². The zero-order chi connectivity index (χ0) is 14.7. The molecule has 3 heteroatoms. The molecule has 1 aromatic carbocycles. The topological polar surface area (TPSA) is 50.4 Å². The van der Waals surface area contributed by atoms with Gasteiger partial charge in [-0.3, -0.25) is 0 Å². The van der Waals surface area contributed by atoms with E-state index in [1.54, 1.807) is 6.07 Å². The maximum Gasteiger partial charge on any atom is 0.336 e. The Morgan fingerprint density at radius 3 is 2.70 bits per heavy atom. The van der Waals surface area contributed by atoms with Crippen molar-refractivity contribution in [3.8, 4) is 5.75 Å². The molecule has 0 amide bonds. The smallest absolute Gasteiger partial charge is 0.336 e. The van der Waals surface area contributed by atoms with Crippen molar-refractivity contribution in [2.75, 3.05) is 0 Å². The predicted octanol–water partition coefficient (Wildman–Crippen LogP) is 3.95. The van der Waals surface area contributed by atoms with Crippen molar-refractivity contribution < 1.29 is 9.52 Å². The molecule has 0 saturated heterocycles. The van der Waals surface area contributed by atoms with Gasteiger partial charge in [0.2, 0.25) is 0 Å². The van der Waals surface area contributed by atoms with Gasteiger partial charge in [0.15, 0.2) is 0 Å². The molecule has 0 radical (unpaired) electrons. The normalized spacial score (nSPS) is 11.7. The molecule has 0 fully saturated rings. The van der Waals surface area contributed by atoms with Gasteiger partial charge in [-0.25, -0.2) is 4.79 Å². The molecule has 1 heterocycles. The number of phenolic OH excluding ortho intramolecular Hbond substituents is 1. The Morgan fingerprint density at radius 1 is 1.25 bits per heavy atom. The summed E-state index contributed by atoms with van der Waals surface area (Å²) in [5.74, 6) is 0.146. The number of phenols is 1. The molecule has 0 spiro atoms. The summed E-state index contributed by atoms with van der Waals surface area (Å²) in [6.07, 6.45) is 4.79. The summed E-state index contributed by atoms with van der Waals surface area (Å²) in [5.41, 5.74) is 3.20. The molecule has 1 N–H and O–H groups in total. The SMILES string of the molecule is CC(C)=C/C(C)=C/Cc1cc2ccc(=O)oc2cc1O. The van der Waals surface area contributed by atoms with Gasteiger partial charge in [-0.1, -0.05) is 23.3 Å². The zero-order valence-corrected chi connectivity index (χ0v) is 11.9. The number of benzene rings is 1. The fourth-order valence-corrected chi connectivity index (χ4v) is 2.10. The molecule has 0 saturated carbocycles. The van der Waals surface area contributed by atoms with Crippen LogP contribution in [0.2, 0.25) is 0 Å². The van der Waals surface area contributed by atoms with E-state index >= 15 is 0 Å². The van der Waals surface area contributed by atoms with Crippen molar-refractivity contribution in [3.05, 3.63) is 63.5 Å². The third-order valence-corrected chi connectivity index (χ3v) is 2.98. The van der Waals surface area contributed by atoms with Gasteiger partial charge < -0.3 is 9.52 Å². The Bertz CT molecular complexity index is 744. The van der Waals surface area contributed by atoms with Gasteiger partial charge in [-0.05, 0) is 44.9 Å². The summed E-state index contributed by atoms with van der Waals surface area (Å²) in [6.45, 7) is 6.13. The van der Waals surface area contributed by atoms with Crippen LogP contribution in [0.4, 0.5) is 0 Å². The summed E-state index contributed by atoms with van der Waals surface area (Å²) in [5, 5.41) is 10.8. The van der Waals surface area contributed by atoms with Crippen LogP contribution >= 0.6 is 0 Å². The van der Waals surface area contributed by atoms with Crippen molar-refractivity contribution in [1.29, 1.82) is 0 Å². The molecule has 2 aromatic rings. The summed E-state index contributed by atoms with van der Waals surface area (Å²) in [7, 11) is 0. The maximum atomic E-state index is 11.1. The van der Waals surface area contributed by atoms with Crippen LogP contribution in [0, 0.1) is 0 Å². The van der Waals surface area contributed by atoms with Gasteiger partial charge in [0.05, 0.1) is 0 Å². The third-order valence-electron chi connectivity index (χ3n) is 2.98. The molecule has 1 aromatic heterocycles. The second-order valence-electron chi connectivity index (χ2n) is 5.15. The van der Waals surface area contributed by atoms with Crippen LogP contribution in [0.1, 0.15) is 26.3 Å². The van der Waals surface area contributed by atoms with Gasteiger partial charge in [0, 0.05) is 17.5 Å². The molecule has 0 aliphatic rings. The lowest BCUT2D eigenvalue weighted by atomic mass is 10.1. The quantitative estimate of drug-likeness (QED) is 0.678. The molecule has 2 rings (SSSR count). The molecule has 104 valence electrons. The van der Waals surface area contributed by atoms with Crippen molar-refractivity contribution in [2.45, 2.75) is 27.2 Å². The number of rotatable bonds is 3. The van der Waals surface area contributed by atoms with Crippen LogP contribution in [0.25, 0.3) is 11.0 Å². The Labute approximate surface area is 117 Å². The number of hydrogen-bond acceptors (Lipinski definition) is 3. The predicted molar refractivity (Wildman–Crippen MR) is 81.0 cm³/mol. The molecule has 3 nitrogen and oxygen atoms in total. The first-order valence-corrected chi connectivity index (χ1v) is 6.53. The van der Waals surface area contributed by atoms with E-state index in [1.807, 2.05) is 26.8 Å². The van der Waals surface area contributed by atoms with Gasteiger partial charge in [-0.15, -0.1) is 0 Å². The fraction of sp³-hybridized carbons (Fsp3) is 0.235. The van der Waals surface area contributed by atoms with Crippen LogP contribution in [0.5, 0.6) is 5.75 Å². The molecular formula is C17H18O3. The molecule has 0 aliphatic carbocycles. The maximum absolute atomic E-state index is 11.1. The molecule has 0 aliphatic heterocycles. The summed E-state index contributed by atoms with van der Waals surface area (Å²) in [6, 6.07) is 6.43. The largest absolute Gasteiger partial charge is 0.508 e. The van der Waals surface area contributed by atoms with Crippen LogP contribution in [-0.2, 0) is 6.42 Å². The second kappa shape index (κ2) is 5.78. The number of fused-ring (bicyclic) bond motifs is 1. The minimum Gasteiger partial charge on any atom is -0.508 e. The summed E-state index contributed by atoms with van der Waals surface area (Å²) < 4.78 is 5.04. The highest BCUT2D eigenvalue weighted by Gasteiger charge is 2.05. The van der Waals surface area contributed by atoms with Crippen molar-refractivity contribution in [3.63, 3.8) is 0 Å². The monoisotopic (exact) mass is 270 g/mol. The van der Waals surface area contributed by atoms with E-state index in [9.17, 15) is 9.90 Å². The highest BCUT2D eigenvalue weighted by molar-refractivity contribution is 5.79. The van der Waals surface area contributed by atoms with Gasteiger partial charge in [0.25, 0.3) is 0 Å². The average Bonchev–Trinajstić information content (AvgIpc) is 2.35. The average molecular weight is 270 g/mol. The minimum atomic E-state index is -0.413. The summed E-state index contributed by atoms with van der Waals surface area (Å²) >= 11 is 0. The Balaban J connectivity index is 2.36. The first-order valence-electron chi connectivity index (χ1n) is 6.53. The first kappa shape index (κ1) is 14.1. The molecule has 20 heavy (non-hydrogen) atoms. The first-order chi connectivity index (χ1) is 9.45. The van der Waals surface area contributed by atoms with Gasteiger partial charge >= 0.3 is 5.63 Å². The Hall–Kier alpha value is -2.29. The number of allylic oxidation sites excluding steroid dienone is 4. The van der Waals surface area contributed by atoms with Crippen molar-refractivity contribution >= 4 is 11.0 Å². The van der Waals surface area contributed by atoms with Crippen LogP contribution in [0.3, 0.4) is 0 Å². The molecule has 0 unspecified atom stereocenters. The van der Waals surface area contributed by atoms with Crippen LogP contribution < -0.4 is 5.63 Å². The van der Waals surface area contributed by atoms with Gasteiger partial charge in [0.1, 0.15) is 11.3 Å². The summed E-state index contributed by atoms with van der Waals surface area (Å²) in [4.78, 5) is 11.1. The Morgan fingerprint density at radius 2 is 2.00 bits per heavy atom. The second-order valence-corrected chi connectivity index (χ2v) is 5.15. The van der Waals surface area contributed by atoms with E-state index in [1.165, 1.54) is 17.7 Å². The van der Waals surface area contributed by atoms with Gasteiger partial charge in [-0.2, -0.15) is 0 Å². The standard InChI is InChI=1S/C17H18O3/c1-11(2)8-12(3)4-5-13-9-14-6-7-17(19)20-16(14)10-15(13)18/h4,6-10,18H,5H2,1-3H3/b12-4+.